The minimum absolute atomic E-state index is 0.0661. The zero-order valence-electron chi connectivity index (χ0n) is 10.9. The van der Waals surface area contributed by atoms with Crippen molar-refractivity contribution in [2.45, 2.75) is 43.9 Å². The minimum atomic E-state index is -3.69. The lowest BCUT2D eigenvalue weighted by atomic mass is 10.2. The third-order valence-corrected chi connectivity index (χ3v) is 4.66. The molecule has 0 aliphatic rings. The first-order chi connectivity index (χ1) is 8.95. The van der Waals surface area contributed by atoms with E-state index in [1.165, 1.54) is 31.4 Å². The monoisotopic (exact) mass is 368 g/mol. The smallest absolute Gasteiger partial charge is 0.261 e. The summed E-state index contributed by atoms with van der Waals surface area (Å²) in [5.41, 5.74) is 0. The molecule has 0 atom stereocenters. The lowest BCUT2D eigenvalue weighted by molar-refractivity contribution is 0.302. The van der Waals surface area contributed by atoms with Crippen LogP contribution in [0.4, 0.5) is 0 Å². The molecule has 1 aromatic carbocycles. The third-order valence-electron chi connectivity index (χ3n) is 2.69. The quantitative estimate of drug-likeness (QED) is 0.491. The Balaban J connectivity index is 2.47. The standard InChI is InChI=1S/C13H18BrClO3S/c1-2-3-4-5-6-9-18-13-8-7-11(10-12(13)14)19(15,16)17/h7-8,10H,2-6,9H2,1H3. The van der Waals surface area contributed by atoms with E-state index in [4.69, 9.17) is 15.4 Å². The maximum Gasteiger partial charge on any atom is 0.261 e. The summed E-state index contributed by atoms with van der Waals surface area (Å²) in [6.45, 7) is 2.81. The number of ether oxygens (including phenoxy) is 1. The van der Waals surface area contributed by atoms with E-state index in [-0.39, 0.29) is 4.90 Å². The van der Waals surface area contributed by atoms with Crippen LogP contribution in [-0.4, -0.2) is 15.0 Å². The van der Waals surface area contributed by atoms with Gasteiger partial charge in [0.15, 0.2) is 0 Å². The van der Waals surface area contributed by atoms with Crippen molar-refractivity contribution >= 4 is 35.7 Å². The van der Waals surface area contributed by atoms with Crippen LogP contribution in [0.3, 0.4) is 0 Å². The van der Waals surface area contributed by atoms with Gasteiger partial charge in [-0.1, -0.05) is 32.6 Å². The highest BCUT2D eigenvalue weighted by molar-refractivity contribution is 9.10. The van der Waals surface area contributed by atoms with E-state index in [1.54, 1.807) is 6.07 Å². The molecule has 19 heavy (non-hydrogen) atoms. The average molecular weight is 370 g/mol. The molecule has 0 saturated heterocycles. The van der Waals surface area contributed by atoms with E-state index in [2.05, 4.69) is 22.9 Å². The molecule has 1 rings (SSSR count). The number of hydrogen-bond acceptors (Lipinski definition) is 3. The third kappa shape index (κ3) is 6.15. The lowest BCUT2D eigenvalue weighted by Crippen LogP contribution is -1.99. The first-order valence-electron chi connectivity index (χ1n) is 6.32. The maximum atomic E-state index is 11.2. The van der Waals surface area contributed by atoms with Crippen LogP contribution in [0, 0.1) is 0 Å². The van der Waals surface area contributed by atoms with Gasteiger partial charge in [-0.05, 0) is 40.5 Å². The zero-order chi connectivity index (χ0) is 14.3. The highest BCUT2D eigenvalue weighted by atomic mass is 79.9. The normalized spacial score (nSPS) is 11.5. The van der Waals surface area contributed by atoms with E-state index in [0.717, 1.165) is 12.8 Å². The Morgan fingerprint density at radius 2 is 1.89 bits per heavy atom. The number of unbranched alkanes of at least 4 members (excludes halogenated alkanes) is 4. The molecule has 0 aliphatic heterocycles. The molecule has 0 fully saturated rings. The molecule has 0 saturated carbocycles. The van der Waals surface area contributed by atoms with E-state index < -0.39 is 9.05 Å². The molecule has 1 aromatic rings. The van der Waals surface area contributed by atoms with Gasteiger partial charge >= 0.3 is 0 Å². The van der Waals surface area contributed by atoms with E-state index in [1.807, 2.05) is 0 Å². The van der Waals surface area contributed by atoms with E-state index in [9.17, 15) is 8.42 Å². The van der Waals surface area contributed by atoms with Crippen molar-refractivity contribution in [1.29, 1.82) is 0 Å². The van der Waals surface area contributed by atoms with Gasteiger partial charge < -0.3 is 4.74 Å². The van der Waals surface area contributed by atoms with Crippen LogP contribution in [0.15, 0.2) is 27.6 Å². The molecule has 3 nitrogen and oxygen atoms in total. The Morgan fingerprint density at radius 1 is 1.21 bits per heavy atom. The molecule has 108 valence electrons. The van der Waals surface area contributed by atoms with Gasteiger partial charge in [-0.3, -0.25) is 0 Å². The van der Waals surface area contributed by atoms with Gasteiger partial charge in [0.05, 0.1) is 16.0 Å². The Morgan fingerprint density at radius 3 is 2.47 bits per heavy atom. The van der Waals surface area contributed by atoms with Gasteiger partial charge in [0, 0.05) is 10.7 Å². The summed E-state index contributed by atoms with van der Waals surface area (Å²) in [5, 5.41) is 0. The second kappa shape index (κ2) is 8.12. The fraction of sp³-hybridized carbons (Fsp3) is 0.538. The second-order valence-corrected chi connectivity index (χ2v) is 7.71. The Bertz CT molecular complexity index is 503. The van der Waals surface area contributed by atoms with Gasteiger partial charge in [0.25, 0.3) is 9.05 Å². The fourth-order valence-electron chi connectivity index (χ4n) is 1.64. The Kier molecular flexibility index (Phi) is 7.18. The van der Waals surface area contributed by atoms with Crippen LogP contribution >= 0.6 is 26.6 Å². The van der Waals surface area contributed by atoms with Gasteiger partial charge in [-0.2, -0.15) is 0 Å². The largest absolute Gasteiger partial charge is 0.492 e. The molecule has 0 aliphatic carbocycles. The average Bonchev–Trinajstić information content (AvgIpc) is 2.34. The number of hydrogen-bond donors (Lipinski definition) is 0. The molecule has 0 radical (unpaired) electrons. The fourth-order valence-corrected chi connectivity index (χ4v) is 3.06. The van der Waals surface area contributed by atoms with Crippen LogP contribution in [0.25, 0.3) is 0 Å². The molecule has 0 N–H and O–H groups in total. The molecule has 6 heteroatoms. The van der Waals surface area contributed by atoms with Crippen molar-refractivity contribution in [2.75, 3.05) is 6.61 Å². The molecular weight excluding hydrogens is 352 g/mol. The number of halogens is 2. The van der Waals surface area contributed by atoms with Crippen LogP contribution < -0.4 is 4.74 Å². The van der Waals surface area contributed by atoms with Crippen LogP contribution in [0.1, 0.15) is 39.0 Å². The van der Waals surface area contributed by atoms with Crippen LogP contribution in [0.2, 0.25) is 0 Å². The zero-order valence-corrected chi connectivity index (χ0v) is 14.0. The minimum Gasteiger partial charge on any atom is -0.492 e. The lowest BCUT2D eigenvalue weighted by Gasteiger charge is -2.08. The summed E-state index contributed by atoms with van der Waals surface area (Å²) in [5.74, 6) is 0.638. The Hall–Kier alpha value is -0.260. The first-order valence-corrected chi connectivity index (χ1v) is 9.42. The van der Waals surface area contributed by atoms with Crippen molar-refractivity contribution in [2.24, 2.45) is 0 Å². The first kappa shape index (κ1) is 16.8. The van der Waals surface area contributed by atoms with E-state index in [0.29, 0.717) is 16.8 Å². The van der Waals surface area contributed by atoms with Crippen molar-refractivity contribution in [1.82, 2.24) is 0 Å². The van der Waals surface area contributed by atoms with Gasteiger partial charge in [-0.15, -0.1) is 0 Å². The number of rotatable bonds is 8. The maximum absolute atomic E-state index is 11.2. The van der Waals surface area contributed by atoms with Crippen molar-refractivity contribution in [3.05, 3.63) is 22.7 Å². The van der Waals surface area contributed by atoms with Gasteiger partial charge in [0.2, 0.25) is 0 Å². The summed E-state index contributed by atoms with van der Waals surface area (Å²) < 4.78 is 28.5. The predicted octanol–water partition coefficient (Wildman–Crippen LogP) is 4.73. The number of benzene rings is 1. The summed E-state index contributed by atoms with van der Waals surface area (Å²) >= 11 is 3.29. The molecule has 0 heterocycles. The molecule has 0 spiro atoms. The molecule has 0 unspecified atom stereocenters. The summed E-state index contributed by atoms with van der Waals surface area (Å²) in [6.07, 6.45) is 5.86. The Labute approximate surface area is 127 Å². The topological polar surface area (TPSA) is 43.4 Å². The van der Waals surface area contributed by atoms with Crippen molar-refractivity contribution in [3.63, 3.8) is 0 Å². The van der Waals surface area contributed by atoms with E-state index >= 15 is 0 Å². The van der Waals surface area contributed by atoms with Crippen molar-refractivity contribution < 1.29 is 13.2 Å². The summed E-state index contributed by atoms with van der Waals surface area (Å²) in [6, 6.07) is 4.51. The summed E-state index contributed by atoms with van der Waals surface area (Å²) in [4.78, 5) is 0.0661. The summed E-state index contributed by atoms with van der Waals surface area (Å²) in [7, 11) is 1.58. The second-order valence-electron chi connectivity index (χ2n) is 4.29. The van der Waals surface area contributed by atoms with Crippen molar-refractivity contribution in [3.8, 4) is 5.75 Å². The molecular formula is C13H18BrClO3S. The van der Waals surface area contributed by atoms with Crippen LogP contribution in [-0.2, 0) is 9.05 Å². The highest BCUT2D eigenvalue weighted by Crippen LogP contribution is 2.29. The predicted molar refractivity (Wildman–Crippen MR) is 81.4 cm³/mol. The van der Waals surface area contributed by atoms with Gasteiger partial charge in [0.1, 0.15) is 5.75 Å². The molecule has 0 amide bonds. The molecule has 0 aromatic heterocycles. The molecule has 0 bridgehead atoms. The SMILES string of the molecule is CCCCCCCOc1ccc(S(=O)(=O)Cl)cc1Br. The van der Waals surface area contributed by atoms with Gasteiger partial charge in [-0.25, -0.2) is 8.42 Å². The highest BCUT2D eigenvalue weighted by Gasteiger charge is 2.12. The van der Waals surface area contributed by atoms with Crippen LogP contribution in [0.5, 0.6) is 5.75 Å².